The van der Waals surface area contributed by atoms with E-state index in [0.717, 1.165) is 24.3 Å². The topological polar surface area (TPSA) is 99.8 Å². The molecule has 2 N–H and O–H groups in total. The van der Waals surface area contributed by atoms with Gasteiger partial charge in [0.05, 0.1) is 0 Å². The average Bonchev–Trinajstić information content (AvgIpc) is 3.10. The van der Waals surface area contributed by atoms with E-state index in [4.69, 9.17) is 17.6 Å². The fourth-order valence-electron chi connectivity index (χ4n) is 4.09. The van der Waals surface area contributed by atoms with Crippen molar-refractivity contribution in [2.45, 2.75) is 32.7 Å². The van der Waals surface area contributed by atoms with Crippen molar-refractivity contribution < 1.29 is 0 Å². The molecule has 29 heavy (non-hydrogen) atoms. The zero-order valence-electron chi connectivity index (χ0n) is 16.2. The first-order chi connectivity index (χ1) is 14.1. The number of aryl methyl sites for hydroxylation is 1. The Labute approximate surface area is 173 Å². The van der Waals surface area contributed by atoms with Crippen molar-refractivity contribution >= 4 is 23.6 Å². The second-order valence-electron chi connectivity index (χ2n) is 7.11. The van der Waals surface area contributed by atoms with Crippen LogP contribution >= 0.6 is 12.2 Å². The molecule has 1 aromatic carbocycles. The summed E-state index contributed by atoms with van der Waals surface area (Å²) in [7, 11) is 0. The summed E-state index contributed by atoms with van der Waals surface area (Å²) in [5.41, 5.74) is 3.40. The Morgan fingerprint density at radius 2 is 1.72 bits per heavy atom. The number of nitrogens with zero attached hydrogens (tertiary/aromatic N) is 5. The van der Waals surface area contributed by atoms with E-state index < -0.39 is 0 Å². The Kier molecular flexibility index (Phi) is 4.96. The molecule has 8 heteroatoms. The number of nitriles is 2. The molecule has 0 radical (unpaired) electrons. The summed E-state index contributed by atoms with van der Waals surface area (Å²) < 4.78 is 3.62. The van der Waals surface area contributed by atoms with Gasteiger partial charge in [0.25, 0.3) is 0 Å². The number of hydrogen-bond donors (Lipinski definition) is 2. The maximum Gasteiger partial charge on any atom is 0.194 e. The summed E-state index contributed by atoms with van der Waals surface area (Å²) >= 11 is 5.35. The zero-order chi connectivity index (χ0) is 20.5. The van der Waals surface area contributed by atoms with Crippen LogP contribution < -0.4 is 10.4 Å². The number of pyridine rings is 1. The molecule has 2 aromatic heterocycles. The number of nitrogens with one attached hydrogen (secondary N) is 2. The summed E-state index contributed by atoms with van der Waals surface area (Å²) in [6, 6.07) is 12.3. The van der Waals surface area contributed by atoms with Gasteiger partial charge in [0.2, 0.25) is 0 Å². The normalized spacial score (nSPS) is 14.0. The Morgan fingerprint density at radius 3 is 2.31 bits per heavy atom. The van der Waals surface area contributed by atoms with Crippen molar-refractivity contribution in [3.05, 3.63) is 45.7 Å². The minimum atomic E-state index is -0.00472. The van der Waals surface area contributed by atoms with Crippen LogP contribution in [0.2, 0.25) is 0 Å². The molecule has 146 valence electrons. The van der Waals surface area contributed by atoms with Gasteiger partial charge in [-0.25, -0.2) is 4.52 Å². The van der Waals surface area contributed by atoms with Gasteiger partial charge in [-0.3, -0.25) is 10.5 Å². The largest absolute Gasteiger partial charge is 0.372 e. The highest BCUT2D eigenvalue weighted by molar-refractivity contribution is 7.71. The standard InChI is InChI=1S/C21H21N7S/c1-2-27-20-17(13-23)18(16(12-22)19(24)28(20)25-21(27)29)14-6-8-15(9-7-14)26-10-4-3-5-11-26/h6-9,24H,2-5,10-11H2,1H3,(H,25,29). The molecule has 0 amide bonds. The second kappa shape index (κ2) is 7.57. The summed E-state index contributed by atoms with van der Waals surface area (Å²) in [6.07, 6.45) is 3.67. The molecule has 4 rings (SSSR count). The fraction of sp³-hybridized carbons (Fsp3) is 0.333. The van der Waals surface area contributed by atoms with E-state index in [2.05, 4.69) is 22.1 Å². The minimum absolute atomic E-state index is 0.00472. The fourth-order valence-corrected chi connectivity index (χ4v) is 4.40. The number of fused-ring (bicyclic) bond motifs is 1. The van der Waals surface area contributed by atoms with E-state index in [-0.39, 0.29) is 11.1 Å². The summed E-state index contributed by atoms with van der Waals surface area (Å²) in [5.74, 6) is 0. The molecular weight excluding hydrogens is 382 g/mol. The molecule has 3 heterocycles. The monoisotopic (exact) mass is 403 g/mol. The van der Waals surface area contributed by atoms with Crippen LogP contribution in [-0.2, 0) is 6.54 Å². The van der Waals surface area contributed by atoms with Crippen molar-refractivity contribution in [1.82, 2.24) is 14.2 Å². The van der Waals surface area contributed by atoms with Gasteiger partial charge < -0.3 is 9.47 Å². The molecular formula is C21H21N7S. The molecule has 0 aliphatic carbocycles. The predicted molar refractivity (Wildman–Crippen MR) is 113 cm³/mol. The van der Waals surface area contributed by atoms with Crippen LogP contribution in [0.4, 0.5) is 5.69 Å². The molecule has 0 atom stereocenters. The number of H-pyrrole nitrogens is 1. The Morgan fingerprint density at radius 1 is 1.07 bits per heavy atom. The molecule has 1 aliphatic rings. The Balaban J connectivity index is 1.96. The Bertz CT molecular complexity index is 1270. The highest BCUT2D eigenvalue weighted by Crippen LogP contribution is 2.30. The number of aromatic nitrogens is 3. The Hall–Kier alpha value is -3.36. The molecule has 0 unspecified atom stereocenters. The van der Waals surface area contributed by atoms with E-state index in [1.807, 2.05) is 31.2 Å². The zero-order valence-corrected chi connectivity index (χ0v) is 17.0. The van der Waals surface area contributed by atoms with Gasteiger partial charge in [-0.05, 0) is 56.1 Å². The van der Waals surface area contributed by atoms with Crippen LogP contribution in [0.1, 0.15) is 37.3 Å². The van der Waals surface area contributed by atoms with Crippen LogP contribution in [0.15, 0.2) is 24.3 Å². The van der Waals surface area contributed by atoms with Crippen molar-refractivity contribution in [2.75, 3.05) is 18.0 Å². The van der Waals surface area contributed by atoms with Crippen LogP contribution in [0.5, 0.6) is 0 Å². The van der Waals surface area contributed by atoms with Crippen LogP contribution in [0, 0.1) is 32.8 Å². The molecule has 7 nitrogen and oxygen atoms in total. The molecule has 0 bridgehead atoms. The van der Waals surface area contributed by atoms with Crippen molar-refractivity contribution in [3.8, 4) is 23.3 Å². The van der Waals surface area contributed by atoms with Crippen LogP contribution in [0.25, 0.3) is 16.8 Å². The molecule has 0 spiro atoms. The van der Waals surface area contributed by atoms with Gasteiger partial charge in [0.1, 0.15) is 23.3 Å². The lowest BCUT2D eigenvalue weighted by Gasteiger charge is -2.29. The highest BCUT2D eigenvalue weighted by Gasteiger charge is 2.21. The first-order valence-electron chi connectivity index (χ1n) is 9.72. The van der Waals surface area contributed by atoms with Crippen LogP contribution in [0.3, 0.4) is 0 Å². The lowest BCUT2D eigenvalue weighted by Crippen LogP contribution is -2.29. The average molecular weight is 404 g/mol. The maximum absolute atomic E-state index is 9.97. The molecule has 3 aromatic rings. The SMILES string of the molecule is CCn1c(=S)[nH]n2c(=N)c(C#N)c(-c3ccc(N4CCCCC4)cc3)c(C#N)c12. The van der Waals surface area contributed by atoms with Gasteiger partial charge in [-0.15, -0.1) is 0 Å². The third-order valence-electron chi connectivity index (χ3n) is 5.52. The van der Waals surface area contributed by atoms with Crippen molar-refractivity contribution in [3.63, 3.8) is 0 Å². The minimum Gasteiger partial charge on any atom is -0.372 e. The lowest BCUT2D eigenvalue weighted by molar-refractivity contribution is 0.578. The van der Waals surface area contributed by atoms with Crippen LogP contribution in [-0.4, -0.2) is 27.3 Å². The number of anilines is 1. The second-order valence-corrected chi connectivity index (χ2v) is 7.50. The first-order valence-corrected chi connectivity index (χ1v) is 10.1. The third-order valence-corrected chi connectivity index (χ3v) is 5.83. The molecule has 1 fully saturated rings. The lowest BCUT2D eigenvalue weighted by atomic mass is 9.96. The first kappa shape index (κ1) is 19.0. The van der Waals surface area contributed by atoms with Gasteiger partial charge in [0.15, 0.2) is 15.9 Å². The molecule has 0 saturated carbocycles. The summed E-state index contributed by atoms with van der Waals surface area (Å²) in [6.45, 7) is 4.58. The van der Waals surface area contributed by atoms with Gasteiger partial charge in [-0.1, -0.05) is 12.1 Å². The summed E-state index contributed by atoms with van der Waals surface area (Å²) in [4.78, 5) is 2.36. The van der Waals surface area contributed by atoms with E-state index in [1.54, 1.807) is 4.57 Å². The van der Waals surface area contributed by atoms with E-state index in [9.17, 15) is 10.5 Å². The van der Waals surface area contributed by atoms with Crippen molar-refractivity contribution in [1.29, 1.82) is 15.9 Å². The quantitative estimate of drug-likeness (QED) is 0.651. The number of aromatic amines is 1. The smallest absolute Gasteiger partial charge is 0.194 e. The summed E-state index contributed by atoms with van der Waals surface area (Å²) in [5, 5.41) is 31.2. The van der Waals surface area contributed by atoms with E-state index in [1.165, 1.54) is 23.8 Å². The molecule has 1 saturated heterocycles. The number of piperidine rings is 1. The van der Waals surface area contributed by atoms with Gasteiger partial charge in [0, 0.05) is 30.9 Å². The third kappa shape index (κ3) is 3.02. The predicted octanol–water partition coefficient (Wildman–Crippen LogP) is 3.70. The number of hydrogen-bond acceptors (Lipinski definition) is 5. The highest BCUT2D eigenvalue weighted by atomic mass is 32.1. The van der Waals surface area contributed by atoms with Gasteiger partial charge in [-0.2, -0.15) is 10.5 Å². The maximum atomic E-state index is 9.97. The number of benzene rings is 1. The van der Waals surface area contributed by atoms with Crippen molar-refractivity contribution in [2.24, 2.45) is 0 Å². The van der Waals surface area contributed by atoms with E-state index >= 15 is 0 Å². The molecule has 1 aliphatic heterocycles. The van der Waals surface area contributed by atoms with Gasteiger partial charge >= 0.3 is 0 Å². The van der Waals surface area contributed by atoms with E-state index in [0.29, 0.717) is 28.1 Å². The number of rotatable bonds is 3.